The van der Waals surface area contributed by atoms with Crippen molar-refractivity contribution < 1.29 is 4.74 Å². The molecule has 2 heteroatoms. The molecule has 0 spiro atoms. The molecule has 92 valence electrons. The first-order valence-electron chi connectivity index (χ1n) is 6.54. The molecular weight excluding hydrogens is 198 g/mol. The summed E-state index contributed by atoms with van der Waals surface area (Å²) in [6.07, 6.45) is 3.87. The number of hydrogen-bond acceptors (Lipinski definition) is 2. The molecule has 0 bridgehead atoms. The first kappa shape index (κ1) is 13.5. The molecule has 1 heterocycles. The van der Waals surface area contributed by atoms with Gasteiger partial charge in [0.05, 0.1) is 6.10 Å². The number of nitrogens with one attached hydrogen (secondary N) is 1. The van der Waals surface area contributed by atoms with Crippen molar-refractivity contribution in [2.24, 2.45) is 11.8 Å². The first-order chi connectivity index (χ1) is 7.67. The van der Waals surface area contributed by atoms with Gasteiger partial charge < -0.3 is 4.74 Å². The lowest BCUT2D eigenvalue weighted by Crippen LogP contribution is -2.32. The molecule has 0 aromatic carbocycles. The van der Waals surface area contributed by atoms with Gasteiger partial charge in [-0.15, -0.1) is 5.92 Å². The molecule has 1 aliphatic rings. The zero-order valence-corrected chi connectivity index (χ0v) is 11.0. The van der Waals surface area contributed by atoms with E-state index in [1.807, 2.05) is 0 Å². The molecule has 0 radical (unpaired) electrons. The topological polar surface area (TPSA) is 21.3 Å². The highest BCUT2D eigenvalue weighted by molar-refractivity contribution is 5.02. The molecule has 1 rings (SSSR count). The average Bonchev–Trinajstić information content (AvgIpc) is 2.64. The average molecular weight is 223 g/mol. The van der Waals surface area contributed by atoms with Crippen molar-refractivity contribution in [2.75, 3.05) is 6.54 Å². The maximum absolute atomic E-state index is 5.92. The van der Waals surface area contributed by atoms with Crippen LogP contribution in [0.4, 0.5) is 0 Å². The summed E-state index contributed by atoms with van der Waals surface area (Å²) >= 11 is 0. The predicted octanol–water partition coefficient (Wildman–Crippen LogP) is 2.79. The van der Waals surface area contributed by atoms with Crippen molar-refractivity contribution in [1.82, 2.24) is 5.32 Å². The summed E-state index contributed by atoms with van der Waals surface area (Å²) in [5.74, 6) is 7.44. The zero-order valence-electron chi connectivity index (χ0n) is 11.0. The van der Waals surface area contributed by atoms with E-state index in [1.165, 1.54) is 0 Å². The third-order valence-corrected chi connectivity index (χ3v) is 3.14. The molecule has 0 aromatic heterocycles. The number of rotatable bonds is 4. The minimum absolute atomic E-state index is 0.242. The molecule has 1 aliphatic heterocycles. The van der Waals surface area contributed by atoms with Crippen LogP contribution >= 0.6 is 0 Å². The van der Waals surface area contributed by atoms with Crippen LogP contribution in [0.5, 0.6) is 0 Å². The molecule has 1 saturated heterocycles. The van der Waals surface area contributed by atoms with Crippen LogP contribution in [0.25, 0.3) is 0 Å². The highest BCUT2D eigenvalue weighted by Gasteiger charge is 2.30. The van der Waals surface area contributed by atoms with E-state index < -0.39 is 0 Å². The van der Waals surface area contributed by atoms with Crippen LogP contribution < -0.4 is 5.32 Å². The van der Waals surface area contributed by atoms with Crippen LogP contribution in [0.2, 0.25) is 0 Å². The first-order valence-corrected chi connectivity index (χ1v) is 6.54. The molecule has 0 saturated carbocycles. The molecule has 0 amide bonds. The summed E-state index contributed by atoms with van der Waals surface area (Å²) in [5, 5.41) is 3.46. The van der Waals surface area contributed by atoms with E-state index in [2.05, 4.69) is 44.9 Å². The quantitative estimate of drug-likeness (QED) is 0.740. The fraction of sp³-hybridized carbons (Fsp3) is 0.857. The van der Waals surface area contributed by atoms with Crippen LogP contribution in [-0.2, 0) is 4.74 Å². The van der Waals surface area contributed by atoms with E-state index in [-0.39, 0.29) is 6.23 Å². The maximum atomic E-state index is 5.92. The molecule has 4 unspecified atom stereocenters. The van der Waals surface area contributed by atoms with E-state index >= 15 is 0 Å². The lowest BCUT2D eigenvalue weighted by Gasteiger charge is -2.15. The second-order valence-corrected chi connectivity index (χ2v) is 4.77. The fourth-order valence-electron chi connectivity index (χ4n) is 2.16. The summed E-state index contributed by atoms with van der Waals surface area (Å²) in [6.45, 7) is 9.64. The van der Waals surface area contributed by atoms with Gasteiger partial charge in [0.25, 0.3) is 0 Å². The van der Waals surface area contributed by atoms with Gasteiger partial charge in [0.15, 0.2) is 0 Å². The van der Waals surface area contributed by atoms with Gasteiger partial charge in [-0.1, -0.05) is 33.6 Å². The van der Waals surface area contributed by atoms with Gasteiger partial charge in [0.2, 0.25) is 0 Å². The van der Waals surface area contributed by atoms with E-state index in [4.69, 9.17) is 4.74 Å². The monoisotopic (exact) mass is 223 g/mol. The largest absolute Gasteiger partial charge is 0.360 e. The van der Waals surface area contributed by atoms with Crippen molar-refractivity contribution in [3.63, 3.8) is 0 Å². The SMILES string of the molecule is CCC#CC(C)CNC1CC(C)C(CC)O1. The second kappa shape index (κ2) is 6.93. The highest BCUT2D eigenvalue weighted by atomic mass is 16.5. The van der Waals surface area contributed by atoms with E-state index in [1.54, 1.807) is 0 Å². The molecular formula is C14H25NO. The third-order valence-electron chi connectivity index (χ3n) is 3.14. The summed E-state index contributed by atoms with van der Waals surface area (Å²) in [7, 11) is 0. The summed E-state index contributed by atoms with van der Waals surface area (Å²) < 4.78 is 5.92. The van der Waals surface area contributed by atoms with Gasteiger partial charge in [-0.2, -0.15) is 0 Å². The molecule has 1 fully saturated rings. The van der Waals surface area contributed by atoms with Crippen LogP contribution in [-0.4, -0.2) is 18.9 Å². The maximum Gasteiger partial charge on any atom is 0.108 e. The van der Waals surface area contributed by atoms with Crippen molar-refractivity contribution in [3.05, 3.63) is 0 Å². The molecule has 16 heavy (non-hydrogen) atoms. The standard InChI is InChI=1S/C14H25NO/c1-5-7-8-11(3)10-15-14-9-12(4)13(6-2)16-14/h11-15H,5-6,9-10H2,1-4H3. The van der Waals surface area contributed by atoms with E-state index in [0.717, 1.165) is 25.8 Å². The number of ether oxygens (including phenoxy) is 1. The molecule has 4 atom stereocenters. The summed E-state index contributed by atoms with van der Waals surface area (Å²) in [6, 6.07) is 0. The Labute approximate surface area is 100 Å². The van der Waals surface area contributed by atoms with Gasteiger partial charge in [-0.05, 0) is 18.8 Å². The Kier molecular flexibility index (Phi) is 5.87. The van der Waals surface area contributed by atoms with Crippen molar-refractivity contribution in [1.29, 1.82) is 0 Å². The molecule has 0 aromatic rings. The predicted molar refractivity (Wildman–Crippen MR) is 68.0 cm³/mol. The lowest BCUT2D eigenvalue weighted by molar-refractivity contribution is 0.0161. The Hall–Kier alpha value is -0.520. The smallest absolute Gasteiger partial charge is 0.108 e. The summed E-state index contributed by atoms with van der Waals surface area (Å²) in [5.41, 5.74) is 0. The van der Waals surface area contributed by atoms with Crippen molar-refractivity contribution in [2.45, 2.75) is 59.3 Å². The molecule has 2 nitrogen and oxygen atoms in total. The Morgan fingerprint density at radius 2 is 2.19 bits per heavy atom. The highest BCUT2D eigenvalue weighted by Crippen LogP contribution is 2.26. The lowest BCUT2D eigenvalue weighted by atomic mass is 10.0. The van der Waals surface area contributed by atoms with Crippen molar-refractivity contribution >= 4 is 0 Å². The van der Waals surface area contributed by atoms with Gasteiger partial charge in [-0.3, -0.25) is 5.32 Å². The van der Waals surface area contributed by atoms with E-state index in [9.17, 15) is 0 Å². The Morgan fingerprint density at radius 1 is 1.44 bits per heavy atom. The van der Waals surface area contributed by atoms with Gasteiger partial charge >= 0.3 is 0 Å². The van der Waals surface area contributed by atoms with Crippen molar-refractivity contribution in [3.8, 4) is 11.8 Å². The Bertz CT molecular complexity index is 253. The van der Waals surface area contributed by atoms with Crippen LogP contribution in [0.15, 0.2) is 0 Å². The van der Waals surface area contributed by atoms with Crippen LogP contribution in [0.3, 0.4) is 0 Å². The van der Waals surface area contributed by atoms with Gasteiger partial charge in [0.1, 0.15) is 6.23 Å². The molecule has 0 aliphatic carbocycles. The van der Waals surface area contributed by atoms with Crippen LogP contribution in [0.1, 0.15) is 47.0 Å². The summed E-state index contributed by atoms with van der Waals surface area (Å²) in [4.78, 5) is 0. The van der Waals surface area contributed by atoms with Gasteiger partial charge in [0, 0.05) is 18.9 Å². The third kappa shape index (κ3) is 4.15. The minimum Gasteiger partial charge on any atom is -0.360 e. The number of hydrogen-bond donors (Lipinski definition) is 1. The fourth-order valence-corrected chi connectivity index (χ4v) is 2.16. The Morgan fingerprint density at radius 3 is 2.75 bits per heavy atom. The van der Waals surface area contributed by atoms with Gasteiger partial charge in [-0.25, -0.2) is 0 Å². The zero-order chi connectivity index (χ0) is 12.0. The molecule has 1 N–H and O–H groups in total. The normalized spacial score (nSPS) is 30.9. The van der Waals surface area contributed by atoms with Crippen LogP contribution in [0, 0.1) is 23.7 Å². The minimum atomic E-state index is 0.242. The second-order valence-electron chi connectivity index (χ2n) is 4.77. The Balaban J connectivity index is 2.24. The van der Waals surface area contributed by atoms with E-state index in [0.29, 0.717) is 17.9 Å².